The maximum atomic E-state index is 13.9. The van der Waals surface area contributed by atoms with Gasteiger partial charge in [-0.25, -0.2) is 22.5 Å². The van der Waals surface area contributed by atoms with Crippen LogP contribution >= 0.6 is 0 Å². The molecular weight excluding hydrogens is 486 g/mol. The molecule has 1 N–H and O–H groups in total. The molecule has 5 rings (SSSR count). The van der Waals surface area contributed by atoms with E-state index in [0.29, 0.717) is 28.8 Å². The average molecular weight is 514 g/mol. The molecular formula is C27H27F4N5O. The Hall–Kier alpha value is -3.58. The van der Waals surface area contributed by atoms with Gasteiger partial charge in [-0.15, -0.1) is 0 Å². The van der Waals surface area contributed by atoms with Crippen LogP contribution < -0.4 is 15.0 Å². The first-order valence-corrected chi connectivity index (χ1v) is 12.3. The first-order chi connectivity index (χ1) is 17.8. The van der Waals surface area contributed by atoms with Gasteiger partial charge in [0.25, 0.3) is 5.92 Å². The Kier molecular flexibility index (Phi) is 7.07. The molecule has 0 spiro atoms. The van der Waals surface area contributed by atoms with E-state index in [2.05, 4.69) is 32.0 Å². The predicted octanol–water partition coefficient (Wildman–Crippen LogP) is 5.34. The van der Waals surface area contributed by atoms with Crippen LogP contribution in [-0.4, -0.2) is 60.6 Å². The van der Waals surface area contributed by atoms with Gasteiger partial charge in [-0.2, -0.15) is 4.98 Å². The van der Waals surface area contributed by atoms with E-state index >= 15 is 0 Å². The summed E-state index contributed by atoms with van der Waals surface area (Å²) in [6.45, 7) is 2.89. The molecule has 2 aromatic carbocycles. The number of halogens is 4. The number of likely N-dealkylation sites (tertiary alicyclic amines) is 1. The Balaban J connectivity index is 1.56. The van der Waals surface area contributed by atoms with Gasteiger partial charge in [0.05, 0.1) is 24.7 Å². The summed E-state index contributed by atoms with van der Waals surface area (Å²) in [7, 11) is 1.53. The van der Waals surface area contributed by atoms with Crippen LogP contribution in [0, 0.1) is 23.5 Å². The highest BCUT2D eigenvalue weighted by Crippen LogP contribution is 2.34. The van der Waals surface area contributed by atoms with Gasteiger partial charge in [0.15, 0.2) is 0 Å². The number of fused-ring (bicyclic) bond motifs is 1. The lowest BCUT2D eigenvalue weighted by molar-refractivity contribution is -0.0222. The number of anilines is 3. The zero-order chi connectivity index (χ0) is 26.0. The SMILES string of the molecule is COc1cc2c(Nc3cc(F)cc(F)c3)nc(N3CCC(F)(F)CC3)nc2cc1C#CCN1CCCC1. The number of piperidine rings is 1. The molecule has 2 aliphatic heterocycles. The number of alkyl halides is 2. The highest BCUT2D eigenvalue weighted by Gasteiger charge is 2.35. The number of hydrogen-bond acceptors (Lipinski definition) is 6. The van der Waals surface area contributed by atoms with Gasteiger partial charge in [-0.1, -0.05) is 11.8 Å². The van der Waals surface area contributed by atoms with Crippen LogP contribution in [-0.2, 0) is 0 Å². The zero-order valence-corrected chi connectivity index (χ0v) is 20.5. The van der Waals surface area contributed by atoms with E-state index in [1.54, 1.807) is 17.0 Å². The lowest BCUT2D eigenvalue weighted by Crippen LogP contribution is -2.40. The average Bonchev–Trinajstić information content (AvgIpc) is 3.36. The maximum Gasteiger partial charge on any atom is 0.251 e. The van der Waals surface area contributed by atoms with Crippen molar-refractivity contribution < 1.29 is 22.3 Å². The molecule has 2 saturated heterocycles. The first kappa shape index (κ1) is 25.1. The minimum absolute atomic E-state index is 0.0885. The molecule has 2 fully saturated rings. The van der Waals surface area contributed by atoms with E-state index in [1.165, 1.54) is 20.0 Å². The summed E-state index contributed by atoms with van der Waals surface area (Å²) in [6, 6.07) is 6.56. The Morgan fingerprint density at radius 2 is 1.68 bits per heavy atom. The Morgan fingerprint density at radius 1 is 0.973 bits per heavy atom. The number of rotatable bonds is 5. The van der Waals surface area contributed by atoms with Crippen LogP contribution in [0.2, 0.25) is 0 Å². The monoisotopic (exact) mass is 513 g/mol. The van der Waals surface area contributed by atoms with E-state index in [9.17, 15) is 17.6 Å². The van der Waals surface area contributed by atoms with Crippen LogP contribution in [0.3, 0.4) is 0 Å². The second kappa shape index (κ2) is 10.4. The fraction of sp³-hybridized carbons (Fsp3) is 0.407. The minimum Gasteiger partial charge on any atom is -0.495 e. The van der Waals surface area contributed by atoms with Gasteiger partial charge >= 0.3 is 0 Å². The van der Waals surface area contributed by atoms with E-state index < -0.39 is 17.6 Å². The van der Waals surface area contributed by atoms with Crippen LogP contribution in [0.5, 0.6) is 5.75 Å². The quantitative estimate of drug-likeness (QED) is 0.367. The summed E-state index contributed by atoms with van der Waals surface area (Å²) in [5, 5.41) is 3.51. The van der Waals surface area contributed by atoms with Crippen LogP contribution in [0.25, 0.3) is 10.9 Å². The van der Waals surface area contributed by atoms with Crippen molar-refractivity contribution in [2.45, 2.75) is 31.6 Å². The molecule has 194 valence electrons. The summed E-state index contributed by atoms with van der Waals surface area (Å²) >= 11 is 0. The second-order valence-corrected chi connectivity index (χ2v) is 9.35. The van der Waals surface area contributed by atoms with E-state index in [1.807, 2.05) is 0 Å². The van der Waals surface area contributed by atoms with Gasteiger partial charge < -0.3 is 15.0 Å². The summed E-state index contributed by atoms with van der Waals surface area (Å²) in [5.74, 6) is 3.19. The summed E-state index contributed by atoms with van der Waals surface area (Å²) in [5.41, 5.74) is 1.29. The van der Waals surface area contributed by atoms with Crippen molar-refractivity contribution in [3.8, 4) is 17.6 Å². The minimum atomic E-state index is -2.72. The number of ether oxygens (including phenoxy) is 1. The van der Waals surface area contributed by atoms with Crippen molar-refractivity contribution in [2.24, 2.45) is 0 Å². The van der Waals surface area contributed by atoms with Crippen LogP contribution in [0.1, 0.15) is 31.2 Å². The fourth-order valence-corrected chi connectivity index (χ4v) is 4.63. The molecule has 37 heavy (non-hydrogen) atoms. The Labute approximate surface area is 212 Å². The van der Waals surface area contributed by atoms with Crippen molar-refractivity contribution in [1.82, 2.24) is 14.9 Å². The molecule has 3 heterocycles. The van der Waals surface area contributed by atoms with Gasteiger partial charge in [0.2, 0.25) is 5.95 Å². The van der Waals surface area contributed by atoms with Gasteiger partial charge in [0.1, 0.15) is 23.2 Å². The highest BCUT2D eigenvalue weighted by molar-refractivity contribution is 5.94. The van der Waals surface area contributed by atoms with Crippen molar-refractivity contribution in [3.63, 3.8) is 0 Å². The number of nitrogens with zero attached hydrogens (tertiary/aromatic N) is 4. The number of benzene rings is 2. The van der Waals surface area contributed by atoms with E-state index in [0.717, 1.165) is 31.3 Å². The molecule has 0 bridgehead atoms. The lowest BCUT2D eigenvalue weighted by Gasteiger charge is -2.32. The van der Waals surface area contributed by atoms with E-state index in [4.69, 9.17) is 4.74 Å². The lowest BCUT2D eigenvalue weighted by atomic mass is 10.1. The molecule has 2 aliphatic rings. The van der Waals surface area contributed by atoms with Crippen LogP contribution in [0.4, 0.5) is 35.0 Å². The molecule has 0 unspecified atom stereocenters. The third-order valence-electron chi connectivity index (χ3n) is 6.63. The molecule has 0 aliphatic carbocycles. The third-order valence-corrected chi connectivity index (χ3v) is 6.63. The molecule has 0 radical (unpaired) electrons. The largest absolute Gasteiger partial charge is 0.495 e. The topological polar surface area (TPSA) is 53.5 Å². The third kappa shape index (κ3) is 5.88. The molecule has 0 amide bonds. The van der Waals surface area contributed by atoms with Crippen molar-refractivity contribution in [2.75, 3.05) is 50.1 Å². The number of aromatic nitrogens is 2. The molecule has 6 nitrogen and oxygen atoms in total. The number of hydrogen-bond donors (Lipinski definition) is 1. The smallest absolute Gasteiger partial charge is 0.251 e. The number of methoxy groups -OCH3 is 1. The molecule has 0 atom stereocenters. The first-order valence-electron chi connectivity index (χ1n) is 12.3. The summed E-state index contributed by atoms with van der Waals surface area (Å²) < 4.78 is 60.8. The van der Waals surface area contributed by atoms with Crippen LogP contribution in [0.15, 0.2) is 30.3 Å². The van der Waals surface area contributed by atoms with Gasteiger partial charge in [-0.3, -0.25) is 4.90 Å². The fourth-order valence-electron chi connectivity index (χ4n) is 4.63. The molecule has 3 aromatic rings. The van der Waals surface area contributed by atoms with Gasteiger partial charge in [0, 0.05) is 43.1 Å². The standard InChI is InChI=1S/C27H27F4N5O/c1-37-24-17-22-23(13-18(24)5-4-10-35-8-2-3-9-35)33-26(36-11-6-27(30,31)7-12-36)34-25(22)32-21-15-19(28)14-20(29)16-21/h13-17H,2-3,6-12H2,1H3,(H,32,33,34). The number of nitrogens with one attached hydrogen (secondary N) is 1. The summed E-state index contributed by atoms with van der Waals surface area (Å²) in [6.07, 6.45) is 1.74. The molecule has 10 heteroatoms. The second-order valence-electron chi connectivity index (χ2n) is 9.35. The normalized spacial score (nSPS) is 17.5. The van der Waals surface area contributed by atoms with Crippen molar-refractivity contribution in [3.05, 3.63) is 47.5 Å². The molecule has 1 aromatic heterocycles. The van der Waals surface area contributed by atoms with Crippen molar-refractivity contribution >= 4 is 28.4 Å². The molecule has 0 saturated carbocycles. The van der Waals surface area contributed by atoms with Gasteiger partial charge in [-0.05, 0) is 50.2 Å². The summed E-state index contributed by atoms with van der Waals surface area (Å²) in [4.78, 5) is 13.2. The zero-order valence-electron chi connectivity index (χ0n) is 20.5. The highest BCUT2D eigenvalue weighted by atomic mass is 19.3. The van der Waals surface area contributed by atoms with Crippen molar-refractivity contribution in [1.29, 1.82) is 0 Å². The van der Waals surface area contributed by atoms with E-state index in [-0.39, 0.29) is 43.4 Å². The Bertz CT molecular complexity index is 1330. The predicted molar refractivity (Wildman–Crippen MR) is 135 cm³/mol. The Morgan fingerprint density at radius 3 is 2.35 bits per heavy atom. The maximum absolute atomic E-state index is 13.9.